The molecular weight excluding hydrogens is 366 g/mol. The average Bonchev–Trinajstić information content (AvgIpc) is 2.75. The fourth-order valence-corrected chi connectivity index (χ4v) is 2.65. The highest BCUT2D eigenvalue weighted by Crippen LogP contribution is 2.22. The van der Waals surface area contributed by atoms with Gasteiger partial charge < -0.3 is 20.7 Å². The average molecular weight is 389 g/mol. The standard InChI is InChI=1S/C23H23N3O3/c1-2-24-23(28)17-7-6-8-19(15-17)25-16-22(27)26-18-11-13-21(14-12-18)29-20-9-4-3-5-10-20/h3-15,25H,2,16H2,1H3,(H,24,28)(H,26,27). The second-order valence-corrected chi connectivity index (χ2v) is 6.28. The molecule has 0 radical (unpaired) electrons. The van der Waals surface area contributed by atoms with Crippen molar-refractivity contribution < 1.29 is 14.3 Å². The summed E-state index contributed by atoms with van der Waals surface area (Å²) in [4.78, 5) is 24.1. The molecule has 3 rings (SSSR count). The van der Waals surface area contributed by atoms with Gasteiger partial charge in [-0.25, -0.2) is 0 Å². The quantitative estimate of drug-likeness (QED) is 0.537. The number of hydrogen-bond donors (Lipinski definition) is 3. The molecule has 0 aliphatic heterocycles. The highest BCUT2D eigenvalue weighted by molar-refractivity contribution is 5.96. The fourth-order valence-electron chi connectivity index (χ4n) is 2.65. The Morgan fingerprint density at radius 2 is 1.55 bits per heavy atom. The van der Waals surface area contributed by atoms with Crippen LogP contribution >= 0.6 is 0 Å². The van der Waals surface area contributed by atoms with Crippen LogP contribution in [-0.2, 0) is 4.79 Å². The summed E-state index contributed by atoms with van der Waals surface area (Å²) in [6.07, 6.45) is 0. The van der Waals surface area contributed by atoms with E-state index >= 15 is 0 Å². The molecule has 0 heterocycles. The van der Waals surface area contributed by atoms with Crippen LogP contribution in [0.2, 0.25) is 0 Å². The van der Waals surface area contributed by atoms with Crippen LogP contribution in [0.25, 0.3) is 0 Å². The van der Waals surface area contributed by atoms with Gasteiger partial charge in [0.15, 0.2) is 0 Å². The van der Waals surface area contributed by atoms with E-state index < -0.39 is 0 Å². The van der Waals surface area contributed by atoms with Gasteiger partial charge in [-0.1, -0.05) is 24.3 Å². The largest absolute Gasteiger partial charge is 0.457 e. The molecule has 0 saturated heterocycles. The molecule has 0 spiro atoms. The molecule has 3 aromatic rings. The van der Waals surface area contributed by atoms with Gasteiger partial charge >= 0.3 is 0 Å². The third-order valence-corrected chi connectivity index (χ3v) is 4.03. The zero-order valence-corrected chi connectivity index (χ0v) is 16.1. The number of nitrogens with one attached hydrogen (secondary N) is 3. The van der Waals surface area contributed by atoms with Crippen LogP contribution in [0.1, 0.15) is 17.3 Å². The highest BCUT2D eigenvalue weighted by atomic mass is 16.5. The van der Waals surface area contributed by atoms with Crippen LogP contribution < -0.4 is 20.7 Å². The van der Waals surface area contributed by atoms with E-state index in [1.54, 1.807) is 42.5 Å². The minimum Gasteiger partial charge on any atom is -0.457 e. The van der Waals surface area contributed by atoms with Crippen LogP contribution in [0, 0.1) is 0 Å². The lowest BCUT2D eigenvalue weighted by Gasteiger charge is -2.10. The molecule has 0 fully saturated rings. The van der Waals surface area contributed by atoms with E-state index in [9.17, 15) is 9.59 Å². The number of para-hydroxylation sites is 1. The maximum atomic E-state index is 12.2. The zero-order valence-electron chi connectivity index (χ0n) is 16.1. The van der Waals surface area contributed by atoms with Gasteiger partial charge in [0.05, 0.1) is 6.54 Å². The molecule has 148 valence electrons. The minimum absolute atomic E-state index is 0.0844. The molecule has 0 saturated carbocycles. The number of benzene rings is 3. The van der Waals surface area contributed by atoms with Crippen LogP contribution in [0.3, 0.4) is 0 Å². The Bertz CT molecular complexity index is 957. The number of rotatable bonds is 8. The smallest absolute Gasteiger partial charge is 0.251 e. The zero-order chi connectivity index (χ0) is 20.5. The maximum Gasteiger partial charge on any atom is 0.251 e. The summed E-state index contributed by atoms with van der Waals surface area (Å²) in [7, 11) is 0. The second kappa shape index (κ2) is 9.94. The van der Waals surface area contributed by atoms with Crippen molar-refractivity contribution >= 4 is 23.2 Å². The summed E-state index contributed by atoms with van der Waals surface area (Å²) in [6.45, 7) is 2.51. The number of hydrogen-bond acceptors (Lipinski definition) is 4. The molecule has 2 amide bonds. The molecule has 3 N–H and O–H groups in total. The Morgan fingerprint density at radius 3 is 2.28 bits per heavy atom. The van der Waals surface area contributed by atoms with Crippen molar-refractivity contribution in [2.24, 2.45) is 0 Å². The van der Waals surface area contributed by atoms with Crippen molar-refractivity contribution in [1.29, 1.82) is 0 Å². The van der Waals surface area contributed by atoms with Crippen molar-refractivity contribution in [1.82, 2.24) is 5.32 Å². The molecule has 0 unspecified atom stereocenters. The minimum atomic E-state index is -0.190. The van der Waals surface area contributed by atoms with Gasteiger partial charge in [0.2, 0.25) is 5.91 Å². The molecule has 0 aliphatic carbocycles. The lowest BCUT2D eigenvalue weighted by molar-refractivity contribution is -0.114. The molecule has 0 aliphatic rings. The molecular formula is C23H23N3O3. The molecule has 3 aromatic carbocycles. The molecule has 6 heteroatoms. The Labute approximate surface area is 169 Å². The van der Waals surface area contributed by atoms with E-state index in [4.69, 9.17) is 4.74 Å². The fraction of sp³-hybridized carbons (Fsp3) is 0.130. The maximum absolute atomic E-state index is 12.2. The summed E-state index contributed by atoms with van der Waals surface area (Å²) in [5.74, 6) is 1.11. The number of carbonyl (C=O) groups excluding carboxylic acids is 2. The van der Waals surface area contributed by atoms with Gasteiger partial charge in [-0.15, -0.1) is 0 Å². The van der Waals surface area contributed by atoms with Gasteiger partial charge in [-0.05, 0) is 61.5 Å². The van der Waals surface area contributed by atoms with Crippen LogP contribution in [0.5, 0.6) is 11.5 Å². The SMILES string of the molecule is CCNC(=O)c1cccc(NCC(=O)Nc2ccc(Oc3ccccc3)cc2)c1. The highest BCUT2D eigenvalue weighted by Gasteiger charge is 2.07. The number of ether oxygens (including phenoxy) is 1. The monoisotopic (exact) mass is 389 g/mol. The predicted molar refractivity (Wildman–Crippen MR) is 115 cm³/mol. The summed E-state index contributed by atoms with van der Waals surface area (Å²) in [6, 6.07) is 23.7. The first kappa shape index (κ1) is 19.9. The molecule has 6 nitrogen and oxygen atoms in total. The van der Waals surface area contributed by atoms with Crippen molar-refractivity contribution in [3.05, 3.63) is 84.4 Å². The van der Waals surface area contributed by atoms with Crippen LogP contribution in [-0.4, -0.2) is 24.9 Å². The van der Waals surface area contributed by atoms with E-state index in [1.165, 1.54) is 0 Å². The van der Waals surface area contributed by atoms with E-state index in [-0.39, 0.29) is 18.4 Å². The van der Waals surface area contributed by atoms with Crippen LogP contribution in [0.15, 0.2) is 78.9 Å². The van der Waals surface area contributed by atoms with Crippen molar-refractivity contribution in [2.75, 3.05) is 23.7 Å². The predicted octanol–water partition coefficient (Wildman–Crippen LogP) is 4.28. The van der Waals surface area contributed by atoms with Gasteiger partial charge in [0.1, 0.15) is 11.5 Å². The first-order valence-electron chi connectivity index (χ1n) is 9.39. The first-order valence-corrected chi connectivity index (χ1v) is 9.39. The summed E-state index contributed by atoms with van der Waals surface area (Å²) in [5, 5.41) is 8.60. The molecule has 0 atom stereocenters. The molecule has 0 bridgehead atoms. The number of amides is 2. The summed E-state index contributed by atoms with van der Waals surface area (Å²) in [5.41, 5.74) is 1.93. The Morgan fingerprint density at radius 1 is 0.828 bits per heavy atom. The van der Waals surface area contributed by atoms with Crippen LogP contribution in [0.4, 0.5) is 11.4 Å². The molecule has 0 aromatic heterocycles. The summed E-state index contributed by atoms with van der Waals surface area (Å²) >= 11 is 0. The normalized spacial score (nSPS) is 10.1. The van der Waals surface area contributed by atoms with Gasteiger partial charge in [-0.3, -0.25) is 9.59 Å². The Balaban J connectivity index is 1.51. The van der Waals surface area contributed by atoms with Crippen molar-refractivity contribution in [3.63, 3.8) is 0 Å². The van der Waals surface area contributed by atoms with Gasteiger partial charge in [0.25, 0.3) is 5.91 Å². The van der Waals surface area contributed by atoms with Gasteiger partial charge in [0, 0.05) is 23.5 Å². The molecule has 29 heavy (non-hydrogen) atoms. The topological polar surface area (TPSA) is 79.5 Å². The summed E-state index contributed by atoms with van der Waals surface area (Å²) < 4.78 is 5.73. The third kappa shape index (κ3) is 6.10. The van der Waals surface area contributed by atoms with Crippen molar-refractivity contribution in [3.8, 4) is 11.5 Å². The van der Waals surface area contributed by atoms with Gasteiger partial charge in [-0.2, -0.15) is 0 Å². The van der Waals surface area contributed by atoms with E-state index in [0.717, 1.165) is 5.75 Å². The first-order chi connectivity index (χ1) is 14.1. The van der Waals surface area contributed by atoms with Crippen molar-refractivity contribution in [2.45, 2.75) is 6.92 Å². The Hall–Kier alpha value is -3.80. The van der Waals surface area contributed by atoms with E-state index in [1.807, 2.05) is 43.3 Å². The Kier molecular flexibility index (Phi) is 6.84. The van der Waals surface area contributed by atoms with E-state index in [2.05, 4.69) is 16.0 Å². The third-order valence-electron chi connectivity index (χ3n) is 4.03. The van der Waals surface area contributed by atoms with E-state index in [0.29, 0.717) is 29.2 Å². The number of carbonyl (C=O) groups is 2. The number of anilines is 2. The lowest BCUT2D eigenvalue weighted by atomic mass is 10.2. The lowest BCUT2D eigenvalue weighted by Crippen LogP contribution is -2.23. The second-order valence-electron chi connectivity index (χ2n) is 6.28.